The van der Waals surface area contributed by atoms with Gasteiger partial charge in [-0.2, -0.15) is 0 Å². The molecule has 4 aliphatic rings. The van der Waals surface area contributed by atoms with Crippen molar-refractivity contribution in [3.63, 3.8) is 0 Å². The van der Waals surface area contributed by atoms with Crippen molar-refractivity contribution in [3.05, 3.63) is 82.1 Å². The van der Waals surface area contributed by atoms with E-state index < -0.39 is 5.66 Å². The van der Waals surface area contributed by atoms with Crippen molar-refractivity contribution < 1.29 is 4.74 Å². The number of benzene rings is 2. The number of halogens is 1. The first-order valence-electron chi connectivity index (χ1n) is 12.6. The number of ether oxygens (including phenoxy) is 1. The predicted octanol–water partition coefficient (Wildman–Crippen LogP) is 4.35. The number of nitrogens with two attached hydrogens (primary N) is 2. The molecule has 2 bridgehead atoms. The van der Waals surface area contributed by atoms with Crippen molar-refractivity contribution in [2.24, 2.45) is 16.1 Å². The molecular formula is C29H29ClN6O. The van der Waals surface area contributed by atoms with Crippen LogP contribution >= 0.6 is 11.6 Å². The maximum atomic E-state index is 6.89. The molecule has 188 valence electrons. The summed E-state index contributed by atoms with van der Waals surface area (Å²) in [5.74, 6) is 7.54. The van der Waals surface area contributed by atoms with Crippen LogP contribution in [0.25, 0.3) is 0 Å². The molecule has 0 spiro atoms. The first-order valence-corrected chi connectivity index (χ1v) is 12.9. The van der Waals surface area contributed by atoms with Crippen molar-refractivity contribution >= 4 is 29.3 Å². The number of fused-ring (bicyclic) bond motifs is 4. The van der Waals surface area contributed by atoms with Crippen LogP contribution in [0.5, 0.6) is 5.75 Å². The fourth-order valence-electron chi connectivity index (χ4n) is 5.37. The van der Waals surface area contributed by atoms with Gasteiger partial charge in [-0.15, -0.1) is 0 Å². The number of hydrogen-bond donors (Lipinski definition) is 3. The Labute approximate surface area is 221 Å². The van der Waals surface area contributed by atoms with Crippen LogP contribution in [0.4, 0.5) is 11.4 Å². The van der Waals surface area contributed by atoms with Gasteiger partial charge in [0.05, 0.1) is 17.1 Å². The molecule has 37 heavy (non-hydrogen) atoms. The Morgan fingerprint density at radius 3 is 2.62 bits per heavy atom. The molecule has 7 nitrogen and oxygen atoms in total. The smallest absolute Gasteiger partial charge is 0.163 e. The van der Waals surface area contributed by atoms with E-state index in [4.69, 9.17) is 27.8 Å². The Kier molecular flexibility index (Phi) is 6.04. The molecule has 5 heterocycles. The molecule has 0 aliphatic carbocycles. The largest absolute Gasteiger partial charge is 0.486 e. The summed E-state index contributed by atoms with van der Waals surface area (Å²) in [5.41, 5.74) is 16.9. The van der Waals surface area contributed by atoms with Gasteiger partial charge in [0.1, 0.15) is 12.4 Å². The van der Waals surface area contributed by atoms with Crippen molar-refractivity contribution in [3.8, 4) is 17.6 Å². The van der Waals surface area contributed by atoms with E-state index in [2.05, 4.69) is 32.0 Å². The van der Waals surface area contributed by atoms with E-state index in [0.29, 0.717) is 23.1 Å². The summed E-state index contributed by atoms with van der Waals surface area (Å²) in [6, 6.07) is 15.0. The lowest BCUT2D eigenvalue weighted by Crippen LogP contribution is -2.47. The first kappa shape index (κ1) is 23.8. The van der Waals surface area contributed by atoms with E-state index in [1.54, 1.807) is 18.6 Å². The second-order valence-electron chi connectivity index (χ2n) is 10.0. The highest BCUT2D eigenvalue weighted by atomic mass is 35.5. The summed E-state index contributed by atoms with van der Waals surface area (Å²) >= 11 is 6.59. The monoisotopic (exact) mass is 512 g/mol. The molecule has 7 rings (SSSR count). The maximum Gasteiger partial charge on any atom is 0.163 e. The van der Waals surface area contributed by atoms with E-state index in [9.17, 15) is 0 Å². The van der Waals surface area contributed by atoms with Gasteiger partial charge in [0, 0.05) is 39.7 Å². The van der Waals surface area contributed by atoms with Crippen LogP contribution in [0.2, 0.25) is 5.02 Å². The molecule has 1 unspecified atom stereocenters. The molecule has 4 aliphatic heterocycles. The highest BCUT2D eigenvalue weighted by Gasteiger charge is 2.38. The number of pyridine rings is 1. The van der Waals surface area contributed by atoms with E-state index in [1.165, 1.54) is 0 Å². The van der Waals surface area contributed by atoms with E-state index >= 15 is 0 Å². The standard InChI is InChI=1S/C29H29ClN6O/c30-24-16-21(4-5-27(24)37-18-22-3-1-2-11-33-22)29(32)23-17-25(31)20(15-26(23)34-19-35-29)6-7-28-8-12-36(13-9-28)14-10-28/h1-5,11,15-17,19H,8-10,12-14,18,31-32H2,(H,34,35). The molecule has 1 atom stereocenters. The second-order valence-corrected chi connectivity index (χ2v) is 10.4. The van der Waals surface area contributed by atoms with Gasteiger partial charge in [-0.05, 0) is 75.3 Å². The van der Waals surface area contributed by atoms with E-state index in [0.717, 1.165) is 67.0 Å². The normalized spacial score (nSPS) is 25.5. The highest BCUT2D eigenvalue weighted by Crippen LogP contribution is 2.42. The second kappa shape index (κ2) is 9.38. The number of piperidine rings is 3. The average Bonchev–Trinajstić information content (AvgIpc) is 2.93. The molecule has 0 saturated carbocycles. The fraction of sp³-hybridized carbons (Fsp3) is 0.310. The van der Waals surface area contributed by atoms with Crippen LogP contribution in [0.1, 0.15) is 41.6 Å². The van der Waals surface area contributed by atoms with Gasteiger partial charge in [0.2, 0.25) is 0 Å². The third kappa shape index (κ3) is 4.53. The molecule has 2 aromatic carbocycles. The maximum absolute atomic E-state index is 6.89. The SMILES string of the molecule is Nc1cc2c(cc1C#CC13CCN(CC1)CC3)NC=NC2(N)c1ccc(OCc2ccccn2)c(Cl)c1. The number of nitrogens with zero attached hydrogens (tertiary/aromatic N) is 3. The molecule has 5 N–H and O–H groups in total. The third-order valence-corrected chi connectivity index (χ3v) is 8.04. The minimum atomic E-state index is -1.15. The van der Waals surface area contributed by atoms with Crippen LogP contribution in [-0.2, 0) is 12.3 Å². The van der Waals surface area contributed by atoms with Gasteiger partial charge in [0.15, 0.2) is 5.66 Å². The molecule has 1 aromatic heterocycles. The van der Waals surface area contributed by atoms with Crippen molar-refractivity contribution in [1.82, 2.24) is 9.88 Å². The number of aliphatic imine (C=N–C) groups is 1. The Morgan fingerprint density at radius 1 is 1.08 bits per heavy atom. The van der Waals surface area contributed by atoms with Crippen LogP contribution in [0.3, 0.4) is 0 Å². The first-order chi connectivity index (χ1) is 17.9. The summed E-state index contributed by atoms with van der Waals surface area (Å²) in [4.78, 5) is 11.4. The summed E-state index contributed by atoms with van der Waals surface area (Å²) in [7, 11) is 0. The molecular weight excluding hydrogens is 484 g/mol. The van der Waals surface area contributed by atoms with Crippen LogP contribution in [0, 0.1) is 17.3 Å². The van der Waals surface area contributed by atoms with E-state index in [-0.39, 0.29) is 5.41 Å². The lowest BCUT2D eigenvalue weighted by molar-refractivity contribution is 0.0680. The molecule has 3 saturated heterocycles. The summed E-state index contributed by atoms with van der Waals surface area (Å²) in [5, 5.41) is 3.67. The quantitative estimate of drug-likeness (QED) is 0.355. The summed E-state index contributed by atoms with van der Waals surface area (Å²) in [6.07, 6.45) is 6.73. The summed E-state index contributed by atoms with van der Waals surface area (Å²) in [6.45, 7) is 3.73. The number of rotatable bonds is 4. The average molecular weight is 513 g/mol. The van der Waals surface area contributed by atoms with Gasteiger partial charge >= 0.3 is 0 Å². The third-order valence-electron chi connectivity index (χ3n) is 7.74. The number of aromatic nitrogens is 1. The van der Waals surface area contributed by atoms with Crippen LogP contribution in [0.15, 0.2) is 59.7 Å². The Morgan fingerprint density at radius 2 is 1.89 bits per heavy atom. The molecule has 8 heteroatoms. The number of nitrogens with one attached hydrogen (secondary N) is 1. The van der Waals surface area contributed by atoms with Gasteiger partial charge in [-0.3, -0.25) is 10.7 Å². The lowest BCUT2D eigenvalue weighted by Gasteiger charge is -2.45. The minimum Gasteiger partial charge on any atom is -0.486 e. The Balaban J connectivity index is 1.27. The Hall–Kier alpha value is -3.57. The highest BCUT2D eigenvalue weighted by molar-refractivity contribution is 6.32. The van der Waals surface area contributed by atoms with Crippen LogP contribution < -0.4 is 21.5 Å². The fourth-order valence-corrected chi connectivity index (χ4v) is 5.60. The minimum absolute atomic E-state index is 0.112. The Bertz CT molecular complexity index is 1410. The number of nitrogen functional groups attached to an aromatic ring is 1. The van der Waals surface area contributed by atoms with Gasteiger partial charge < -0.3 is 20.7 Å². The zero-order valence-corrected chi connectivity index (χ0v) is 21.3. The topological polar surface area (TPSA) is 102 Å². The van der Waals surface area contributed by atoms with Crippen LogP contribution in [-0.4, -0.2) is 35.9 Å². The van der Waals surface area contributed by atoms with E-state index in [1.807, 2.05) is 42.5 Å². The zero-order chi connectivity index (χ0) is 25.5. The number of anilines is 2. The molecule has 3 aromatic rings. The van der Waals surface area contributed by atoms with Gasteiger partial charge in [-0.1, -0.05) is 35.6 Å². The van der Waals surface area contributed by atoms with Gasteiger partial charge in [0.25, 0.3) is 0 Å². The lowest BCUT2D eigenvalue weighted by atomic mass is 9.72. The van der Waals surface area contributed by atoms with Crippen molar-refractivity contribution in [1.29, 1.82) is 0 Å². The molecule has 0 radical (unpaired) electrons. The van der Waals surface area contributed by atoms with Crippen molar-refractivity contribution in [2.45, 2.75) is 31.5 Å². The number of hydrogen-bond acceptors (Lipinski definition) is 7. The van der Waals surface area contributed by atoms with Crippen molar-refractivity contribution in [2.75, 3.05) is 30.7 Å². The molecule has 0 amide bonds. The zero-order valence-electron chi connectivity index (χ0n) is 20.5. The van der Waals surface area contributed by atoms with Gasteiger partial charge in [-0.25, -0.2) is 4.99 Å². The summed E-state index contributed by atoms with van der Waals surface area (Å²) < 4.78 is 5.88. The predicted molar refractivity (Wildman–Crippen MR) is 148 cm³/mol. The molecule has 3 fully saturated rings.